The molecule has 1 heterocycles. The van der Waals surface area contributed by atoms with E-state index < -0.39 is 5.91 Å². The van der Waals surface area contributed by atoms with Crippen molar-refractivity contribution in [3.63, 3.8) is 0 Å². The number of halogens is 3. The zero-order chi connectivity index (χ0) is 27.4. The van der Waals surface area contributed by atoms with Gasteiger partial charge in [0.15, 0.2) is 18.1 Å². The van der Waals surface area contributed by atoms with Gasteiger partial charge in [0.25, 0.3) is 17.1 Å². The van der Waals surface area contributed by atoms with E-state index in [9.17, 15) is 14.4 Å². The van der Waals surface area contributed by atoms with Crippen molar-refractivity contribution in [1.82, 2.24) is 4.90 Å². The predicted octanol–water partition coefficient (Wildman–Crippen LogP) is 7.33. The molecule has 0 saturated carbocycles. The zero-order valence-electron chi connectivity index (χ0n) is 20.2. The molecule has 11 heteroatoms. The van der Waals surface area contributed by atoms with E-state index >= 15 is 0 Å². The van der Waals surface area contributed by atoms with Crippen LogP contribution in [0, 0.1) is 6.92 Å². The van der Waals surface area contributed by atoms with Gasteiger partial charge in [-0.2, -0.15) is 0 Å². The van der Waals surface area contributed by atoms with Gasteiger partial charge in [-0.3, -0.25) is 19.3 Å². The summed E-state index contributed by atoms with van der Waals surface area (Å²) in [5.74, 6) is -0.140. The Hall–Kier alpha value is -2.98. The fourth-order valence-electron chi connectivity index (χ4n) is 3.55. The highest BCUT2D eigenvalue weighted by atomic mass is 79.9. The summed E-state index contributed by atoms with van der Waals surface area (Å²) in [6.45, 7) is 1.68. The first-order valence-corrected chi connectivity index (χ1v) is 13.6. The molecule has 3 amide bonds. The number of carbonyl (C=O) groups excluding carboxylic acids is 3. The molecular formula is C27H21BrCl2N2O5S. The van der Waals surface area contributed by atoms with Crippen LogP contribution in [0.1, 0.15) is 16.7 Å². The summed E-state index contributed by atoms with van der Waals surface area (Å²) >= 11 is 16.6. The average molecular weight is 636 g/mol. The van der Waals surface area contributed by atoms with E-state index in [0.29, 0.717) is 42.8 Å². The minimum atomic E-state index is -0.414. The maximum Gasteiger partial charge on any atom is 0.293 e. The minimum absolute atomic E-state index is 0.0817. The molecule has 196 valence electrons. The van der Waals surface area contributed by atoms with Crippen molar-refractivity contribution in [1.29, 1.82) is 0 Å². The second kappa shape index (κ2) is 12.3. The van der Waals surface area contributed by atoms with Gasteiger partial charge in [-0.15, -0.1) is 0 Å². The van der Waals surface area contributed by atoms with Gasteiger partial charge in [0.2, 0.25) is 0 Å². The van der Waals surface area contributed by atoms with Crippen LogP contribution < -0.4 is 14.8 Å². The molecule has 38 heavy (non-hydrogen) atoms. The average Bonchev–Trinajstić information content (AvgIpc) is 3.13. The lowest BCUT2D eigenvalue weighted by molar-refractivity contribution is -0.123. The first kappa shape index (κ1) is 28.0. The van der Waals surface area contributed by atoms with E-state index in [-0.39, 0.29) is 29.2 Å². The number of ether oxygens (including phenoxy) is 2. The van der Waals surface area contributed by atoms with Gasteiger partial charge in [-0.1, -0.05) is 47.5 Å². The lowest BCUT2D eigenvalue weighted by Crippen LogP contribution is -2.27. The van der Waals surface area contributed by atoms with Crippen molar-refractivity contribution in [2.24, 2.45) is 0 Å². The number of benzene rings is 3. The van der Waals surface area contributed by atoms with Crippen molar-refractivity contribution in [3.8, 4) is 11.5 Å². The van der Waals surface area contributed by atoms with Crippen molar-refractivity contribution >= 4 is 79.7 Å². The molecule has 1 aliphatic heterocycles. The SMILES string of the molecule is COc1cc(/C=C2\SC(=O)N(Cc3ccccc3Cl)C2=O)cc(Br)c1OCC(=O)Nc1ccc(C)c(Cl)c1. The van der Waals surface area contributed by atoms with E-state index in [1.807, 2.05) is 13.0 Å². The molecule has 0 bridgehead atoms. The molecule has 0 aliphatic carbocycles. The number of hydrogen-bond acceptors (Lipinski definition) is 6. The van der Waals surface area contributed by atoms with Crippen molar-refractivity contribution in [3.05, 3.63) is 90.7 Å². The number of thioether (sulfide) groups is 1. The topological polar surface area (TPSA) is 84.9 Å². The lowest BCUT2D eigenvalue weighted by Gasteiger charge is -2.14. The Kier molecular flexibility index (Phi) is 9.04. The molecule has 0 spiro atoms. The number of imide groups is 1. The fourth-order valence-corrected chi connectivity index (χ4v) is 5.34. The maximum atomic E-state index is 13.0. The maximum absolute atomic E-state index is 13.0. The van der Waals surface area contributed by atoms with Gasteiger partial charge in [-0.25, -0.2) is 0 Å². The van der Waals surface area contributed by atoms with Crippen molar-refractivity contribution in [2.75, 3.05) is 19.0 Å². The highest BCUT2D eigenvalue weighted by molar-refractivity contribution is 9.10. The molecule has 1 saturated heterocycles. The third-order valence-electron chi connectivity index (χ3n) is 5.51. The molecule has 3 aromatic rings. The van der Waals surface area contributed by atoms with Gasteiger partial charge in [0.1, 0.15) is 0 Å². The summed E-state index contributed by atoms with van der Waals surface area (Å²) in [6, 6.07) is 15.6. The summed E-state index contributed by atoms with van der Waals surface area (Å²) < 4.78 is 11.7. The number of amides is 3. The predicted molar refractivity (Wildman–Crippen MR) is 154 cm³/mol. The number of aryl methyl sites for hydroxylation is 1. The highest BCUT2D eigenvalue weighted by Crippen LogP contribution is 2.39. The largest absolute Gasteiger partial charge is 0.493 e. The van der Waals surface area contributed by atoms with Crippen LogP contribution >= 0.6 is 50.9 Å². The van der Waals surface area contributed by atoms with Gasteiger partial charge in [0.05, 0.1) is 23.0 Å². The van der Waals surface area contributed by atoms with Crippen LogP contribution in [-0.2, 0) is 16.1 Å². The summed E-state index contributed by atoms with van der Waals surface area (Å²) in [5, 5.41) is 3.38. The Morgan fingerprint density at radius 2 is 1.87 bits per heavy atom. The fraction of sp³-hybridized carbons (Fsp3) is 0.148. The smallest absolute Gasteiger partial charge is 0.293 e. The zero-order valence-corrected chi connectivity index (χ0v) is 24.1. The number of nitrogens with one attached hydrogen (secondary N) is 1. The second-order valence-corrected chi connectivity index (χ2v) is 10.9. The third kappa shape index (κ3) is 6.53. The van der Waals surface area contributed by atoms with Gasteiger partial charge in [0, 0.05) is 15.7 Å². The first-order valence-electron chi connectivity index (χ1n) is 11.2. The normalized spacial score (nSPS) is 14.2. The molecule has 7 nitrogen and oxygen atoms in total. The number of rotatable bonds is 8. The van der Waals surface area contributed by atoms with Crippen LogP contribution in [0.15, 0.2) is 64.0 Å². The van der Waals surface area contributed by atoms with E-state index in [0.717, 1.165) is 22.2 Å². The minimum Gasteiger partial charge on any atom is -0.493 e. The number of methoxy groups -OCH3 is 1. The molecule has 0 radical (unpaired) electrons. The van der Waals surface area contributed by atoms with E-state index in [1.54, 1.807) is 54.6 Å². The number of carbonyl (C=O) groups is 3. The van der Waals surface area contributed by atoms with E-state index in [2.05, 4.69) is 21.2 Å². The monoisotopic (exact) mass is 634 g/mol. The molecule has 1 fully saturated rings. The molecule has 1 N–H and O–H groups in total. The van der Waals surface area contributed by atoms with Crippen LogP contribution in [0.5, 0.6) is 11.5 Å². The Morgan fingerprint density at radius 3 is 2.58 bits per heavy atom. The lowest BCUT2D eigenvalue weighted by atomic mass is 10.1. The standard InChI is InChI=1S/C27H21BrCl2N2O5S/c1-15-7-8-18(12-21(15)30)31-24(33)14-37-25-19(28)9-16(10-22(25)36-2)11-23-26(34)32(27(35)38-23)13-17-5-3-4-6-20(17)29/h3-12H,13-14H2,1-2H3,(H,31,33)/b23-11-. The van der Waals surface area contributed by atoms with Crippen molar-refractivity contribution < 1.29 is 23.9 Å². The van der Waals surface area contributed by atoms with Crippen LogP contribution in [0.3, 0.4) is 0 Å². The summed E-state index contributed by atoms with van der Waals surface area (Å²) in [7, 11) is 1.46. The van der Waals surface area contributed by atoms with E-state index in [4.69, 9.17) is 32.7 Å². The highest BCUT2D eigenvalue weighted by Gasteiger charge is 2.35. The molecule has 1 aliphatic rings. The molecular weight excluding hydrogens is 615 g/mol. The van der Waals surface area contributed by atoms with Gasteiger partial charge >= 0.3 is 0 Å². The van der Waals surface area contributed by atoms with Crippen LogP contribution in [-0.4, -0.2) is 35.7 Å². The van der Waals surface area contributed by atoms with Crippen molar-refractivity contribution in [2.45, 2.75) is 13.5 Å². The number of anilines is 1. The molecule has 0 aromatic heterocycles. The summed E-state index contributed by atoms with van der Waals surface area (Å²) in [6.07, 6.45) is 1.60. The molecule has 0 unspecified atom stereocenters. The van der Waals surface area contributed by atoms with Gasteiger partial charge < -0.3 is 14.8 Å². The Labute approximate surface area is 242 Å². The molecule has 4 rings (SSSR count). The third-order valence-corrected chi connectivity index (χ3v) is 7.78. The van der Waals surface area contributed by atoms with Crippen LogP contribution in [0.4, 0.5) is 10.5 Å². The molecule has 3 aromatic carbocycles. The number of hydrogen-bond donors (Lipinski definition) is 1. The van der Waals surface area contributed by atoms with Gasteiger partial charge in [-0.05, 0) is 87.7 Å². The van der Waals surface area contributed by atoms with E-state index in [1.165, 1.54) is 7.11 Å². The second-order valence-electron chi connectivity index (χ2n) is 8.19. The number of nitrogens with zero attached hydrogens (tertiary/aromatic N) is 1. The molecule has 0 atom stereocenters. The van der Waals surface area contributed by atoms with Crippen LogP contribution in [0.2, 0.25) is 10.0 Å². The van der Waals surface area contributed by atoms with Crippen LogP contribution in [0.25, 0.3) is 6.08 Å². The summed E-state index contributed by atoms with van der Waals surface area (Å²) in [5.41, 5.74) is 2.74. The Bertz CT molecular complexity index is 1460. The Morgan fingerprint density at radius 1 is 1.11 bits per heavy atom. The Balaban J connectivity index is 1.47. The quantitative estimate of drug-likeness (QED) is 0.261. The first-order chi connectivity index (χ1) is 18.2. The summed E-state index contributed by atoms with van der Waals surface area (Å²) in [4.78, 5) is 39.3.